The van der Waals surface area contributed by atoms with Crippen LogP contribution in [0.4, 0.5) is 0 Å². The molecule has 3 rings (SSSR count). The van der Waals surface area contributed by atoms with Crippen molar-refractivity contribution in [2.75, 3.05) is 0 Å². The van der Waals surface area contributed by atoms with Gasteiger partial charge >= 0.3 is 5.97 Å². The van der Waals surface area contributed by atoms with Gasteiger partial charge in [-0.25, -0.2) is 4.79 Å². The molecule has 0 bridgehead atoms. The number of ether oxygens (including phenoxy) is 1. The van der Waals surface area contributed by atoms with Gasteiger partial charge in [-0.15, -0.1) is 0 Å². The Balaban J connectivity index is 2.18. The summed E-state index contributed by atoms with van der Waals surface area (Å²) in [6, 6.07) is 14.0. The molecule has 0 aliphatic carbocycles. The fourth-order valence-electron chi connectivity index (χ4n) is 2.03. The number of aromatic carboxylic acids is 1. The number of para-hydroxylation sites is 1. The highest BCUT2D eigenvalue weighted by atomic mass is 35.5. The number of benzene rings is 2. The molecule has 0 aliphatic rings. The molecule has 0 amide bonds. The number of fused-ring (bicyclic) bond motifs is 1. The van der Waals surface area contributed by atoms with Gasteiger partial charge in [-0.3, -0.25) is 4.98 Å². The van der Waals surface area contributed by atoms with E-state index in [1.54, 1.807) is 42.5 Å². The number of carbonyl (C=O) groups is 1. The van der Waals surface area contributed by atoms with Gasteiger partial charge in [0, 0.05) is 16.6 Å². The fraction of sp³-hybridized carbons (Fsp3) is 0. The average Bonchev–Trinajstić information content (AvgIpc) is 2.47. The molecular formula is C16H10ClNO3. The molecule has 0 unspecified atom stereocenters. The summed E-state index contributed by atoms with van der Waals surface area (Å²) in [4.78, 5) is 15.5. The summed E-state index contributed by atoms with van der Waals surface area (Å²) in [5.41, 5.74) is 0.674. The van der Waals surface area contributed by atoms with Crippen LogP contribution in [0, 0.1) is 0 Å². The molecule has 0 fully saturated rings. The zero-order valence-electron chi connectivity index (χ0n) is 10.8. The van der Waals surface area contributed by atoms with Crippen molar-refractivity contribution < 1.29 is 14.6 Å². The van der Waals surface area contributed by atoms with Crippen molar-refractivity contribution in [3.63, 3.8) is 0 Å². The van der Waals surface area contributed by atoms with Crippen LogP contribution in [0.3, 0.4) is 0 Å². The highest BCUT2D eigenvalue weighted by molar-refractivity contribution is 6.30. The second-order valence-corrected chi connectivity index (χ2v) is 4.82. The topological polar surface area (TPSA) is 59.4 Å². The minimum atomic E-state index is -1.09. The molecule has 0 atom stereocenters. The Morgan fingerprint density at radius 3 is 2.71 bits per heavy atom. The van der Waals surface area contributed by atoms with Crippen LogP contribution in [0.1, 0.15) is 10.4 Å². The van der Waals surface area contributed by atoms with Gasteiger partial charge in [-0.1, -0.05) is 29.8 Å². The normalized spacial score (nSPS) is 10.5. The number of halogens is 1. The maximum atomic E-state index is 11.4. The first-order valence-electron chi connectivity index (χ1n) is 6.19. The number of hydrogen-bond donors (Lipinski definition) is 1. The third-order valence-corrected chi connectivity index (χ3v) is 3.21. The van der Waals surface area contributed by atoms with Crippen LogP contribution in [-0.4, -0.2) is 16.1 Å². The van der Waals surface area contributed by atoms with Gasteiger partial charge in [0.1, 0.15) is 11.3 Å². The Labute approximate surface area is 125 Å². The van der Waals surface area contributed by atoms with E-state index in [9.17, 15) is 9.90 Å². The SMILES string of the molecule is O=C(O)c1cnc2ccccc2c1Oc1cccc(Cl)c1. The number of nitrogens with zero attached hydrogens (tertiary/aromatic N) is 1. The van der Waals surface area contributed by atoms with Crippen molar-refractivity contribution >= 4 is 28.5 Å². The summed E-state index contributed by atoms with van der Waals surface area (Å²) < 4.78 is 5.76. The van der Waals surface area contributed by atoms with Gasteiger partial charge < -0.3 is 9.84 Å². The second-order valence-electron chi connectivity index (χ2n) is 4.38. The molecule has 1 heterocycles. The molecular weight excluding hydrogens is 290 g/mol. The maximum Gasteiger partial charge on any atom is 0.341 e. The predicted octanol–water partition coefficient (Wildman–Crippen LogP) is 4.38. The van der Waals surface area contributed by atoms with Crippen molar-refractivity contribution in [2.24, 2.45) is 0 Å². The molecule has 1 N–H and O–H groups in total. The van der Waals surface area contributed by atoms with Gasteiger partial charge in [-0.2, -0.15) is 0 Å². The molecule has 0 saturated carbocycles. The summed E-state index contributed by atoms with van der Waals surface area (Å²) in [7, 11) is 0. The molecule has 5 heteroatoms. The summed E-state index contributed by atoms with van der Waals surface area (Å²) in [5, 5.41) is 10.5. The number of carboxylic acid groups (broad SMARTS) is 1. The lowest BCUT2D eigenvalue weighted by atomic mass is 10.1. The third kappa shape index (κ3) is 2.66. The van der Waals surface area contributed by atoms with Crippen LogP contribution in [0.2, 0.25) is 5.02 Å². The minimum Gasteiger partial charge on any atom is -0.477 e. The lowest BCUT2D eigenvalue weighted by Crippen LogP contribution is -2.02. The first kappa shape index (κ1) is 13.4. The molecule has 21 heavy (non-hydrogen) atoms. The van der Waals surface area contributed by atoms with E-state index in [-0.39, 0.29) is 11.3 Å². The van der Waals surface area contributed by atoms with Crippen molar-refractivity contribution in [1.82, 2.24) is 4.98 Å². The van der Waals surface area contributed by atoms with Gasteiger partial charge in [0.25, 0.3) is 0 Å². The standard InChI is InChI=1S/C16H10ClNO3/c17-10-4-3-5-11(8-10)21-15-12-6-1-2-7-14(12)18-9-13(15)16(19)20/h1-9H,(H,19,20). The van der Waals surface area contributed by atoms with E-state index in [0.29, 0.717) is 21.7 Å². The molecule has 1 aromatic heterocycles. The Morgan fingerprint density at radius 2 is 1.95 bits per heavy atom. The Bertz CT molecular complexity index is 833. The first-order chi connectivity index (χ1) is 10.1. The summed E-state index contributed by atoms with van der Waals surface area (Å²) in [6.45, 7) is 0. The molecule has 104 valence electrons. The van der Waals surface area contributed by atoms with E-state index in [1.807, 2.05) is 6.07 Å². The molecule has 3 aromatic rings. The summed E-state index contributed by atoms with van der Waals surface area (Å²) in [6.07, 6.45) is 1.30. The van der Waals surface area contributed by atoms with Gasteiger partial charge in [0.15, 0.2) is 5.75 Å². The monoisotopic (exact) mass is 299 g/mol. The Morgan fingerprint density at radius 1 is 1.14 bits per heavy atom. The second kappa shape index (κ2) is 5.42. The predicted molar refractivity (Wildman–Crippen MR) is 80.2 cm³/mol. The van der Waals surface area contributed by atoms with Gasteiger partial charge in [0.05, 0.1) is 5.52 Å². The van der Waals surface area contributed by atoms with Crippen LogP contribution >= 0.6 is 11.6 Å². The third-order valence-electron chi connectivity index (χ3n) is 2.97. The quantitative estimate of drug-likeness (QED) is 0.779. The Kier molecular flexibility index (Phi) is 3.46. The molecule has 0 radical (unpaired) electrons. The van der Waals surface area contributed by atoms with Crippen LogP contribution in [0.5, 0.6) is 11.5 Å². The number of rotatable bonds is 3. The highest BCUT2D eigenvalue weighted by Gasteiger charge is 2.16. The van der Waals surface area contributed by atoms with Crippen LogP contribution in [0.25, 0.3) is 10.9 Å². The minimum absolute atomic E-state index is 0.00803. The van der Waals surface area contributed by atoms with Gasteiger partial charge in [0.2, 0.25) is 0 Å². The van der Waals surface area contributed by atoms with E-state index in [1.165, 1.54) is 6.20 Å². The van der Waals surface area contributed by atoms with Crippen molar-refractivity contribution in [2.45, 2.75) is 0 Å². The van der Waals surface area contributed by atoms with Crippen molar-refractivity contribution in [1.29, 1.82) is 0 Å². The highest BCUT2D eigenvalue weighted by Crippen LogP contribution is 2.33. The van der Waals surface area contributed by atoms with E-state index >= 15 is 0 Å². The zero-order valence-corrected chi connectivity index (χ0v) is 11.5. The van der Waals surface area contributed by atoms with E-state index < -0.39 is 5.97 Å². The zero-order chi connectivity index (χ0) is 14.8. The first-order valence-corrected chi connectivity index (χ1v) is 6.57. The summed E-state index contributed by atoms with van der Waals surface area (Å²) in [5.74, 6) is -0.359. The largest absolute Gasteiger partial charge is 0.477 e. The van der Waals surface area contributed by atoms with E-state index in [0.717, 1.165) is 0 Å². The Hall–Kier alpha value is -2.59. The van der Waals surface area contributed by atoms with Crippen LogP contribution in [0.15, 0.2) is 54.7 Å². The molecule has 4 nitrogen and oxygen atoms in total. The number of aromatic nitrogens is 1. The lowest BCUT2D eigenvalue weighted by molar-refractivity contribution is 0.0694. The van der Waals surface area contributed by atoms with Gasteiger partial charge in [-0.05, 0) is 30.3 Å². The fourth-order valence-corrected chi connectivity index (χ4v) is 2.21. The van der Waals surface area contributed by atoms with Crippen molar-refractivity contribution in [3.05, 3.63) is 65.3 Å². The average molecular weight is 300 g/mol. The molecule has 2 aromatic carbocycles. The molecule has 0 saturated heterocycles. The number of hydrogen-bond acceptors (Lipinski definition) is 3. The molecule has 0 aliphatic heterocycles. The smallest absolute Gasteiger partial charge is 0.341 e. The van der Waals surface area contributed by atoms with E-state index in [4.69, 9.17) is 16.3 Å². The molecule has 0 spiro atoms. The van der Waals surface area contributed by atoms with E-state index in [2.05, 4.69) is 4.98 Å². The van der Waals surface area contributed by atoms with Crippen LogP contribution < -0.4 is 4.74 Å². The summed E-state index contributed by atoms with van der Waals surface area (Å²) >= 11 is 5.92. The number of pyridine rings is 1. The number of carboxylic acids is 1. The lowest BCUT2D eigenvalue weighted by Gasteiger charge is -2.11. The maximum absolute atomic E-state index is 11.4. The van der Waals surface area contributed by atoms with Crippen LogP contribution in [-0.2, 0) is 0 Å². The van der Waals surface area contributed by atoms with Crippen molar-refractivity contribution in [3.8, 4) is 11.5 Å².